The molecule has 2 aliphatic heterocycles. The van der Waals surface area contributed by atoms with Crippen LogP contribution in [0.5, 0.6) is 5.88 Å². The fourth-order valence-corrected chi connectivity index (χ4v) is 3.78. The molecule has 2 aliphatic rings. The van der Waals surface area contributed by atoms with Crippen molar-refractivity contribution in [1.29, 1.82) is 0 Å². The summed E-state index contributed by atoms with van der Waals surface area (Å²) in [5.41, 5.74) is -0.218. The lowest BCUT2D eigenvalue weighted by molar-refractivity contribution is -0.384. The van der Waals surface area contributed by atoms with Crippen molar-refractivity contribution in [3.8, 4) is 5.88 Å². The van der Waals surface area contributed by atoms with Crippen LogP contribution in [0.3, 0.4) is 0 Å². The Morgan fingerprint density at radius 2 is 1.79 bits per heavy atom. The van der Waals surface area contributed by atoms with Crippen LogP contribution in [0, 0.1) is 10.1 Å². The highest BCUT2D eigenvalue weighted by atomic mass is 16.6. The van der Waals surface area contributed by atoms with Gasteiger partial charge in [0.25, 0.3) is 11.2 Å². The molecule has 3 heterocycles. The first kappa shape index (κ1) is 18.7. The molecule has 4 rings (SSSR count). The maximum absolute atomic E-state index is 12.9. The summed E-state index contributed by atoms with van der Waals surface area (Å²) >= 11 is 0. The fraction of sp³-hybridized carbons (Fsp3) is 0.389. The third-order valence-electron chi connectivity index (χ3n) is 5.32. The largest absolute Gasteiger partial charge is 0.454 e. The summed E-state index contributed by atoms with van der Waals surface area (Å²) < 4.78 is 13.1. The van der Waals surface area contributed by atoms with Gasteiger partial charge in [-0.1, -0.05) is 12.1 Å². The van der Waals surface area contributed by atoms with Crippen molar-refractivity contribution in [3.05, 3.63) is 66.3 Å². The van der Waals surface area contributed by atoms with Crippen LogP contribution in [0.25, 0.3) is 0 Å². The first-order valence-electron chi connectivity index (χ1n) is 8.94. The number of hydrogen-bond acceptors (Lipinski definition) is 7. The van der Waals surface area contributed by atoms with E-state index in [2.05, 4.69) is 0 Å². The first-order valence-corrected chi connectivity index (χ1v) is 8.94. The van der Waals surface area contributed by atoms with Gasteiger partial charge in [0.05, 0.1) is 17.0 Å². The quantitative estimate of drug-likeness (QED) is 0.546. The van der Waals surface area contributed by atoms with E-state index < -0.39 is 34.4 Å². The number of benzene rings is 1. The number of carbonyl (C=O) groups excluding carboxylic acids is 1. The van der Waals surface area contributed by atoms with Gasteiger partial charge in [0, 0.05) is 38.6 Å². The number of nitro benzene ring substituents is 1. The Balaban J connectivity index is 1.87. The average Bonchev–Trinajstić information content (AvgIpc) is 3.15. The van der Waals surface area contributed by atoms with E-state index in [-0.39, 0.29) is 30.2 Å². The van der Waals surface area contributed by atoms with Gasteiger partial charge in [-0.05, 0) is 5.56 Å². The van der Waals surface area contributed by atoms with Crippen molar-refractivity contribution in [2.24, 2.45) is 14.1 Å². The van der Waals surface area contributed by atoms with Crippen LogP contribution in [0.4, 0.5) is 10.5 Å². The second-order valence-electron chi connectivity index (χ2n) is 6.94. The molecule has 1 saturated heterocycles. The number of nitro groups is 1. The first-order chi connectivity index (χ1) is 13.8. The zero-order chi connectivity index (χ0) is 20.9. The topological polar surface area (TPSA) is 126 Å². The third kappa shape index (κ3) is 2.94. The number of cyclic esters (lactones) is 1. The Kier molecular flexibility index (Phi) is 4.36. The highest BCUT2D eigenvalue weighted by molar-refractivity contribution is 5.69. The van der Waals surface area contributed by atoms with Gasteiger partial charge in [0.1, 0.15) is 6.61 Å². The summed E-state index contributed by atoms with van der Waals surface area (Å²) in [7, 11) is 2.86. The van der Waals surface area contributed by atoms with Gasteiger partial charge in [-0.25, -0.2) is 9.59 Å². The summed E-state index contributed by atoms with van der Waals surface area (Å²) in [6, 6.07) is 5.86. The maximum atomic E-state index is 12.9. The van der Waals surface area contributed by atoms with Crippen molar-refractivity contribution >= 4 is 11.8 Å². The predicted octanol–water partition coefficient (Wildman–Crippen LogP) is 0.685. The number of fused-ring (bicyclic) bond motifs is 1. The smallest absolute Gasteiger partial charge is 0.412 e. The summed E-state index contributed by atoms with van der Waals surface area (Å²) in [5, 5.41) is 11.0. The van der Waals surface area contributed by atoms with Crippen LogP contribution in [0.1, 0.15) is 23.5 Å². The standard InChI is InChI=1S/C18H18N4O7/c1-19-15(23)14-12(10-3-5-11(6-4-10)22(26)27)9-13(21-7-8-28-18(21)25)29-16(14)20(2)17(19)24/h3-6,12-13H,7-9H2,1-2H3/t12-,13-/m1/s1. The van der Waals surface area contributed by atoms with Crippen molar-refractivity contribution in [1.82, 2.24) is 14.0 Å². The zero-order valence-electron chi connectivity index (χ0n) is 15.7. The van der Waals surface area contributed by atoms with Crippen LogP contribution < -0.4 is 16.0 Å². The molecule has 1 amide bonds. The molecule has 11 nitrogen and oxygen atoms in total. The lowest BCUT2D eigenvalue weighted by Gasteiger charge is -2.36. The molecule has 0 unspecified atom stereocenters. The number of rotatable bonds is 3. The van der Waals surface area contributed by atoms with Gasteiger partial charge in [-0.15, -0.1) is 0 Å². The molecule has 1 fully saturated rings. The van der Waals surface area contributed by atoms with E-state index in [4.69, 9.17) is 9.47 Å². The number of non-ortho nitro benzene ring substituents is 1. The Labute approximate surface area is 163 Å². The summed E-state index contributed by atoms with van der Waals surface area (Å²) in [6.07, 6.45) is -1.03. The molecule has 0 saturated carbocycles. The lowest BCUT2D eigenvalue weighted by Crippen LogP contribution is -2.49. The Bertz CT molecular complexity index is 1120. The van der Waals surface area contributed by atoms with Crippen molar-refractivity contribution in [2.75, 3.05) is 13.2 Å². The predicted molar refractivity (Wildman–Crippen MR) is 99.0 cm³/mol. The van der Waals surface area contributed by atoms with E-state index in [0.717, 1.165) is 4.57 Å². The van der Waals surface area contributed by atoms with Gasteiger partial charge in [-0.3, -0.25) is 28.9 Å². The molecule has 0 radical (unpaired) electrons. The maximum Gasteiger partial charge on any atom is 0.412 e. The number of carbonyl (C=O) groups is 1. The molecular formula is C18H18N4O7. The van der Waals surface area contributed by atoms with Crippen molar-refractivity contribution in [2.45, 2.75) is 18.6 Å². The van der Waals surface area contributed by atoms with Gasteiger partial charge < -0.3 is 9.47 Å². The minimum atomic E-state index is -0.740. The molecule has 1 aromatic heterocycles. The number of amides is 1. The monoisotopic (exact) mass is 402 g/mol. The van der Waals surface area contributed by atoms with Crippen LogP contribution in [-0.4, -0.2) is 44.4 Å². The number of hydrogen-bond donors (Lipinski definition) is 0. The van der Waals surface area contributed by atoms with Gasteiger partial charge in [0.15, 0.2) is 6.23 Å². The normalized spacial score (nSPS) is 20.8. The summed E-state index contributed by atoms with van der Waals surface area (Å²) in [6.45, 7) is 0.549. The molecule has 11 heteroatoms. The molecule has 0 N–H and O–H groups in total. The van der Waals surface area contributed by atoms with E-state index in [0.29, 0.717) is 12.1 Å². The highest BCUT2D eigenvalue weighted by Gasteiger charge is 2.41. The molecule has 29 heavy (non-hydrogen) atoms. The Morgan fingerprint density at radius 1 is 1.10 bits per heavy atom. The van der Waals surface area contributed by atoms with E-state index in [9.17, 15) is 24.5 Å². The van der Waals surface area contributed by atoms with Gasteiger partial charge in [-0.2, -0.15) is 0 Å². The number of nitrogens with zero attached hydrogens (tertiary/aromatic N) is 4. The van der Waals surface area contributed by atoms with Gasteiger partial charge >= 0.3 is 11.8 Å². The molecule has 0 spiro atoms. The minimum absolute atomic E-state index is 0.0749. The van der Waals surface area contributed by atoms with Gasteiger partial charge in [0.2, 0.25) is 5.88 Å². The second-order valence-corrected chi connectivity index (χ2v) is 6.94. The zero-order valence-corrected chi connectivity index (χ0v) is 15.7. The van der Waals surface area contributed by atoms with Crippen LogP contribution in [-0.2, 0) is 18.8 Å². The highest BCUT2D eigenvalue weighted by Crippen LogP contribution is 2.39. The number of ether oxygens (including phenoxy) is 2. The van der Waals surface area contributed by atoms with Crippen LogP contribution >= 0.6 is 0 Å². The molecule has 1 aromatic carbocycles. The molecular weight excluding hydrogens is 384 g/mol. The average molecular weight is 402 g/mol. The second kappa shape index (κ2) is 6.76. The van der Waals surface area contributed by atoms with Crippen molar-refractivity contribution < 1.29 is 19.2 Å². The minimum Gasteiger partial charge on any atom is -0.454 e. The Morgan fingerprint density at radius 3 is 2.38 bits per heavy atom. The van der Waals surface area contributed by atoms with Crippen LogP contribution in [0.2, 0.25) is 0 Å². The molecule has 0 bridgehead atoms. The van der Waals surface area contributed by atoms with E-state index in [1.807, 2.05) is 0 Å². The summed E-state index contributed by atoms with van der Waals surface area (Å²) in [4.78, 5) is 49.2. The van der Waals surface area contributed by atoms with Crippen molar-refractivity contribution in [3.63, 3.8) is 0 Å². The number of aromatic nitrogens is 2. The summed E-state index contributed by atoms with van der Waals surface area (Å²) in [5.74, 6) is -0.444. The van der Waals surface area contributed by atoms with E-state index in [1.54, 1.807) is 12.1 Å². The van der Waals surface area contributed by atoms with E-state index >= 15 is 0 Å². The molecule has 0 aliphatic carbocycles. The fourth-order valence-electron chi connectivity index (χ4n) is 3.78. The Hall–Kier alpha value is -3.63. The third-order valence-corrected chi connectivity index (χ3v) is 5.32. The SMILES string of the molecule is Cn1c2c(c(=O)n(C)c1=O)[C@@H](c1ccc([N+](=O)[O-])cc1)C[C@H](N1CCOC1=O)O2. The molecule has 152 valence electrons. The lowest BCUT2D eigenvalue weighted by atomic mass is 9.87. The van der Waals surface area contributed by atoms with E-state index in [1.165, 1.54) is 35.7 Å². The molecule has 2 atom stereocenters. The van der Waals surface area contributed by atoms with Crippen LogP contribution in [0.15, 0.2) is 33.9 Å². The molecule has 2 aromatic rings.